The molecular weight excluding hydrogens is 196 g/mol. The number of carbonyl (C=O) groups excluding carboxylic acids is 1. The molecule has 78 valence electrons. The zero-order chi connectivity index (χ0) is 9.97. The average molecular weight is 212 g/mol. The number of nitrogens with zero attached hydrogens (tertiary/aromatic N) is 1. The number of nitrogens with one attached hydrogen (secondary N) is 1. The van der Waals surface area contributed by atoms with E-state index in [1.807, 2.05) is 0 Å². The summed E-state index contributed by atoms with van der Waals surface area (Å²) in [5, 5.41) is 3.27. The molecular formula is C10H16N2OS. The van der Waals surface area contributed by atoms with Crippen LogP contribution in [0.3, 0.4) is 0 Å². The first-order chi connectivity index (χ1) is 6.77. The van der Waals surface area contributed by atoms with Crippen LogP contribution < -0.4 is 5.32 Å². The molecule has 14 heavy (non-hydrogen) atoms. The predicted octanol–water partition coefficient (Wildman–Crippen LogP) is 0.588. The van der Waals surface area contributed by atoms with Crippen LogP contribution in [0.15, 0.2) is 0 Å². The predicted molar refractivity (Wildman–Crippen MR) is 59.4 cm³/mol. The second-order valence-corrected chi connectivity index (χ2v) is 4.52. The Bertz CT molecular complexity index is 245. The fourth-order valence-corrected chi connectivity index (χ4v) is 2.05. The molecule has 0 unspecified atom stereocenters. The Hall–Kier alpha value is -0.480. The third-order valence-corrected chi connectivity index (χ3v) is 3.23. The summed E-state index contributed by atoms with van der Waals surface area (Å²) in [5.41, 5.74) is 0. The Morgan fingerprint density at radius 3 is 2.57 bits per heavy atom. The fraction of sp³-hybridized carbons (Fsp3) is 0.800. The Kier molecular flexibility index (Phi) is 3.13. The Morgan fingerprint density at radius 2 is 2.00 bits per heavy atom. The van der Waals surface area contributed by atoms with Gasteiger partial charge in [-0.3, -0.25) is 4.79 Å². The van der Waals surface area contributed by atoms with Gasteiger partial charge in [0.1, 0.15) is 5.78 Å². The lowest BCUT2D eigenvalue weighted by atomic mass is 10.2. The number of hydrogen-bond acceptors (Lipinski definition) is 3. The molecule has 3 nitrogen and oxygen atoms in total. The van der Waals surface area contributed by atoms with Gasteiger partial charge in [0.05, 0.1) is 11.4 Å². The molecule has 0 aromatic rings. The molecule has 1 aliphatic carbocycles. The van der Waals surface area contributed by atoms with Gasteiger partial charge < -0.3 is 10.2 Å². The molecule has 0 spiro atoms. The molecule has 2 aliphatic rings. The van der Waals surface area contributed by atoms with Crippen LogP contribution in [0.25, 0.3) is 0 Å². The van der Waals surface area contributed by atoms with Crippen LogP contribution in [-0.4, -0.2) is 41.9 Å². The summed E-state index contributed by atoms with van der Waals surface area (Å²) in [6, 6.07) is 0. The van der Waals surface area contributed by atoms with E-state index in [0.717, 1.165) is 44.0 Å². The van der Waals surface area contributed by atoms with Gasteiger partial charge in [-0.05, 0) is 12.8 Å². The number of thiocarbonyl (C=S) groups is 1. The van der Waals surface area contributed by atoms with Gasteiger partial charge in [-0.1, -0.05) is 12.2 Å². The largest absolute Gasteiger partial charge is 0.363 e. The van der Waals surface area contributed by atoms with Crippen molar-refractivity contribution in [1.82, 2.24) is 10.2 Å². The van der Waals surface area contributed by atoms with Crippen molar-refractivity contribution >= 4 is 23.0 Å². The van der Waals surface area contributed by atoms with Crippen LogP contribution in [0, 0.1) is 5.92 Å². The molecule has 0 aromatic heterocycles. The normalized spacial score (nSPS) is 22.1. The van der Waals surface area contributed by atoms with Crippen LogP contribution >= 0.6 is 12.2 Å². The van der Waals surface area contributed by atoms with Crippen molar-refractivity contribution in [2.45, 2.75) is 19.3 Å². The van der Waals surface area contributed by atoms with Gasteiger partial charge in [-0.25, -0.2) is 0 Å². The molecule has 1 N–H and O–H groups in total. The Labute approximate surface area is 89.8 Å². The number of ketones is 1. The van der Waals surface area contributed by atoms with Crippen molar-refractivity contribution in [3.05, 3.63) is 0 Å². The molecule has 0 bridgehead atoms. The van der Waals surface area contributed by atoms with Crippen LogP contribution in [0.5, 0.6) is 0 Å². The summed E-state index contributed by atoms with van der Waals surface area (Å²) in [6.07, 6.45) is 2.67. The first-order valence-corrected chi connectivity index (χ1v) is 5.69. The molecule has 0 aromatic carbocycles. The van der Waals surface area contributed by atoms with Crippen molar-refractivity contribution in [3.63, 3.8) is 0 Å². The van der Waals surface area contributed by atoms with Crippen LogP contribution in [0.1, 0.15) is 19.3 Å². The minimum atomic E-state index is 0.343. The van der Waals surface area contributed by atoms with Crippen molar-refractivity contribution in [2.24, 2.45) is 5.92 Å². The Balaban J connectivity index is 1.78. The second-order valence-electron chi connectivity index (χ2n) is 4.05. The quantitative estimate of drug-likeness (QED) is 0.694. The highest BCUT2D eigenvalue weighted by atomic mass is 32.1. The average Bonchev–Trinajstić information content (AvgIpc) is 3.02. The van der Waals surface area contributed by atoms with Crippen LogP contribution in [0.4, 0.5) is 0 Å². The maximum absolute atomic E-state index is 11.5. The smallest absolute Gasteiger partial charge is 0.142 e. The molecule has 1 aliphatic heterocycles. The second kappa shape index (κ2) is 4.36. The highest BCUT2D eigenvalue weighted by Gasteiger charge is 2.30. The highest BCUT2D eigenvalue weighted by molar-refractivity contribution is 7.80. The third kappa shape index (κ3) is 2.51. The minimum absolute atomic E-state index is 0.343. The fourth-order valence-electron chi connectivity index (χ4n) is 1.72. The number of rotatable bonds is 3. The van der Waals surface area contributed by atoms with E-state index in [9.17, 15) is 4.79 Å². The molecule has 1 heterocycles. The summed E-state index contributed by atoms with van der Waals surface area (Å²) in [5.74, 6) is 0.699. The molecule has 1 saturated heterocycles. The maximum atomic E-state index is 11.5. The van der Waals surface area contributed by atoms with Gasteiger partial charge in [0, 0.05) is 32.1 Å². The molecule has 2 rings (SSSR count). The van der Waals surface area contributed by atoms with Crippen LogP contribution in [-0.2, 0) is 4.79 Å². The highest BCUT2D eigenvalue weighted by Crippen LogP contribution is 2.31. The van der Waals surface area contributed by atoms with Gasteiger partial charge in [-0.2, -0.15) is 0 Å². The summed E-state index contributed by atoms with van der Waals surface area (Å²) in [6.45, 7) is 3.88. The molecule has 2 fully saturated rings. The van der Waals surface area contributed by atoms with E-state index in [-0.39, 0.29) is 0 Å². The minimum Gasteiger partial charge on any atom is -0.363 e. The van der Waals surface area contributed by atoms with Crippen LogP contribution in [0.2, 0.25) is 0 Å². The summed E-state index contributed by atoms with van der Waals surface area (Å²) in [7, 11) is 0. The molecule has 0 radical (unpaired) electrons. The topological polar surface area (TPSA) is 32.3 Å². The van der Waals surface area contributed by atoms with Gasteiger partial charge in [-0.15, -0.1) is 0 Å². The number of Topliss-reactive ketones (excluding diaryl/α,β-unsaturated/α-hetero) is 1. The van der Waals surface area contributed by atoms with E-state index < -0.39 is 0 Å². The third-order valence-electron chi connectivity index (χ3n) is 2.83. The van der Waals surface area contributed by atoms with Crippen molar-refractivity contribution in [1.29, 1.82) is 0 Å². The molecule has 4 heteroatoms. The van der Waals surface area contributed by atoms with Gasteiger partial charge >= 0.3 is 0 Å². The first-order valence-electron chi connectivity index (χ1n) is 5.28. The van der Waals surface area contributed by atoms with E-state index in [2.05, 4.69) is 10.2 Å². The summed E-state index contributed by atoms with van der Waals surface area (Å²) in [4.78, 5) is 14.5. The summed E-state index contributed by atoms with van der Waals surface area (Å²) >= 11 is 5.27. The molecule has 0 amide bonds. The summed E-state index contributed by atoms with van der Waals surface area (Å²) < 4.78 is 0. The van der Waals surface area contributed by atoms with Gasteiger partial charge in [0.25, 0.3) is 0 Å². The molecule has 0 atom stereocenters. The number of piperazine rings is 1. The van der Waals surface area contributed by atoms with Crippen molar-refractivity contribution < 1.29 is 4.79 Å². The van der Waals surface area contributed by atoms with E-state index in [4.69, 9.17) is 12.2 Å². The lowest BCUT2D eigenvalue weighted by Gasteiger charge is -2.29. The van der Waals surface area contributed by atoms with Gasteiger partial charge in [0.2, 0.25) is 0 Å². The number of carbonyl (C=O) groups is 1. The zero-order valence-corrected chi connectivity index (χ0v) is 9.11. The van der Waals surface area contributed by atoms with Crippen molar-refractivity contribution in [3.8, 4) is 0 Å². The SMILES string of the molecule is O=C(CC(=S)N1CCNCC1)C1CC1. The molecule has 1 saturated carbocycles. The Morgan fingerprint density at radius 1 is 1.36 bits per heavy atom. The lowest BCUT2D eigenvalue weighted by Crippen LogP contribution is -2.46. The monoisotopic (exact) mass is 212 g/mol. The standard InChI is InChI=1S/C10H16N2OS/c13-9(8-1-2-8)7-10(14)12-5-3-11-4-6-12/h8,11H,1-7H2. The number of hydrogen-bond donors (Lipinski definition) is 1. The first kappa shape index (κ1) is 10.1. The maximum Gasteiger partial charge on any atom is 0.142 e. The zero-order valence-electron chi connectivity index (χ0n) is 8.29. The van der Waals surface area contributed by atoms with Gasteiger partial charge in [0.15, 0.2) is 0 Å². The van der Waals surface area contributed by atoms with Crippen molar-refractivity contribution in [2.75, 3.05) is 26.2 Å². The lowest BCUT2D eigenvalue weighted by molar-refractivity contribution is -0.119. The van der Waals surface area contributed by atoms with E-state index in [1.165, 1.54) is 0 Å². The van der Waals surface area contributed by atoms with E-state index in [1.54, 1.807) is 0 Å². The van der Waals surface area contributed by atoms with E-state index in [0.29, 0.717) is 18.1 Å². The van der Waals surface area contributed by atoms with E-state index >= 15 is 0 Å².